The Morgan fingerprint density at radius 2 is 1.20 bits per heavy atom. The van der Waals surface area contributed by atoms with E-state index in [0.29, 0.717) is 19.3 Å². The zero-order valence-corrected chi connectivity index (χ0v) is 38.2. The number of esters is 2. The number of epoxide rings is 1. The third-order valence-electron chi connectivity index (χ3n) is 10.4. The molecular weight excluding hydrogens is 771 g/mol. The van der Waals surface area contributed by atoms with E-state index in [0.717, 1.165) is 50.9 Å². The van der Waals surface area contributed by atoms with Crippen LogP contribution >= 0.6 is 7.82 Å². The number of aliphatic hydroxyl groups excluding tert-OH is 2. The van der Waals surface area contributed by atoms with E-state index in [4.69, 9.17) is 28.4 Å². The van der Waals surface area contributed by atoms with Crippen molar-refractivity contribution in [2.45, 2.75) is 219 Å². The summed E-state index contributed by atoms with van der Waals surface area (Å²) in [4.78, 5) is 35.2. The number of rotatable bonds is 42. The second-order valence-electron chi connectivity index (χ2n) is 16.6. The van der Waals surface area contributed by atoms with Gasteiger partial charge in [-0.05, 0) is 57.3 Å². The summed E-state index contributed by atoms with van der Waals surface area (Å²) in [5.74, 6) is -0.169. The molecule has 0 amide bonds. The first-order chi connectivity index (χ1) is 28.6. The molecule has 0 saturated carbocycles. The molecule has 0 bridgehead atoms. The predicted molar refractivity (Wildman–Crippen MR) is 237 cm³/mol. The van der Waals surface area contributed by atoms with Crippen LogP contribution in [0.25, 0.3) is 0 Å². The minimum Gasteiger partial charge on any atom is -0.462 e. The molecule has 12 heteroatoms. The highest BCUT2D eigenvalue weighted by molar-refractivity contribution is 7.47. The molecular formula is C47H85O11P. The second kappa shape index (κ2) is 37.9. The van der Waals surface area contributed by atoms with Gasteiger partial charge in [0, 0.05) is 12.8 Å². The molecule has 344 valence electrons. The highest BCUT2D eigenvalue weighted by Crippen LogP contribution is 2.43. The SMILES string of the molecule is CCCCC/C=C\C/C=C\C/C=C\CC1OC1CCCC(=O)O[C@H](COC(=O)CCCCCCCCCCCCCCCCCC(C)C)COP(=O)(O)OC[C@@H](O)CO. The average molecular weight is 857 g/mol. The van der Waals surface area contributed by atoms with E-state index in [-0.39, 0.29) is 31.7 Å². The summed E-state index contributed by atoms with van der Waals surface area (Å²) >= 11 is 0. The van der Waals surface area contributed by atoms with Gasteiger partial charge in [-0.1, -0.05) is 166 Å². The van der Waals surface area contributed by atoms with E-state index >= 15 is 0 Å². The molecule has 0 radical (unpaired) electrons. The summed E-state index contributed by atoms with van der Waals surface area (Å²) in [6, 6.07) is 0. The number of hydrogen-bond acceptors (Lipinski definition) is 10. The van der Waals surface area contributed by atoms with Crippen molar-refractivity contribution in [3.05, 3.63) is 36.5 Å². The van der Waals surface area contributed by atoms with Gasteiger partial charge in [0.05, 0.1) is 32.0 Å². The van der Waals surface area contributed by atoms with E-state index in [9.17, 15) is 24.2 Å². The topological polar surface area (TPSA) is 161 Å². The Labute approximate surface area is 358 Å². The lowest BCUT2D eigenvalue weighted by molar-refractivity contribution is -0.161. The first-order valence-corrected chi connectivity index (χ1v) is 24.9. The quantitative estimate of drug-likeness (QED) is 0.0176. The number of hydrogen-bond donors (Lipinski definition) is 3. The van der Waals surface area contributed by atoms with Crippen LogP contribution in [0.2, 0.25) is 0 Å². The highest BCUT2D eigenvalue weighted by atomic mass is 31.2. The summed E-state index contributed by atoms with van der Waals surface area (Å²) in [7, 11) is -4.64. The molecule has 0 aromatic heterocycles. The second-order valence-corrected chi connectivity index (χ2v) is 18.1. The van der Waals surface area contributed by atoms with E-state index in [1.165, 1.54) is 96.3 Å². The van der Waals surface area contributed by atoms with Gasteiger partial charge in [-0.2, -0.15) is 0 Å². The van der Waals surface area contributed by atoms with Crippen molar-refractivity contribution in [3.8, 4) is 0 Å². The summed E-state index contributed by atoms with van der Waals surface area (Å²) in [6.45, 7) is 4.63. The zero-order valence-electron chi connectivity index (χ0n) is 37.3. The predicted octanol–water partition coefficient (Wildman–Crippen LogP) is 11.6. The normalized spacial score (nSPS) is 17.6. The van der Waals surface area contributed by atoms with Crippen molar-refractivity contribution in [3.63, 3.8) is 0 Å². The Morgan fingerprint density at radius 3 is 1.80 bits per heavy atom. The van der Waals surface area contributed by atoms with E-state index in [1.807, 2.05) is 0 Å². The van der Waals surface area contributed by atoms with Crippen molar-refractivity contribution >= 4 is 19.8 Å². The third-order valence-corrected chi connectivity index (χ3v) is 11.4. The molecule has 1 heterocycles. The van der Waals surface area contributed by atoms with Gasteiger partial charge < -0.3 is 29.3 Å². The lowest BCUT2D eigenvalue weighted by Gasteiger charge is -2.20. The van der Waals surface area contributed by atoms with Crippen LogP contribution in [-0.2, 0) is 37.4 Å². The van der Waals surface area contributed by atoms with Crippen LogP contribution in [0.1, 0.15) is 194 Å². The van der Waals surface area contributed by atoms with Crippen LogP contribution in [-0.4, -0.2) is 77.9 Å². The molecule has 0 spiro atoms. The number of allylic oxidation sites excluding steroid dienone is 5. The standard InChI is InChI=1S/C47H85O11P/c1-4-5-6-7-8-9-10-17-20-23-26-29-33-44-45(58-44)34-31-36-47(51)57-43(40-56-59(52,53)55-38-42(49)37-48)39-54-46(50)35-30-27-24-21-18-15-13-11-12-14-16-19-22-25-28-32-41(2)3/h8-9,17,20,26,29,41-45,48-49H,4-7,10-16,18-19,21-25,27-28,30-40H2,1-3H3,(H,52,53)/b9-8-,20-17-,29-26-/t42-,43+,44?,45?/m0/s1. The van der Waals surface area contributed by atoms with Crippen molar-refractivity contribution in [1.82, 2.24) is 0 Å². The van der Waals surface area contributed by atoms with Crippen LogP contribution in [0.4, 0.5) is 0 Å². The number of ether oxygens (including phenoxy) is 3. The smallest absolute Gasteiger partial charge is 0.462 e. The molecule has 3 N–H and O–H groups in total. The summed E-state index contributed by atoms with van der Waals surface area (Å²) in [5, 5.41) is 18.4. The fourth-order valence-electron chi connectivity index (χ4n) is 6.68. The largest absolute Gasteiger partial charge is 0.472 e. The van der Waals surface area contributed by atoms with Crippen molar-refractivity contribution in [2.75, 3.05) is 26.4 Å². The van der Waals surface area contributed by atoms with Gasteiger partial charge in [0.2, 0.25) is 0 Å². The van der Waals surface area contributed by atoms with Crippen LogP contribution in [0.3, 0.4) is 0 Å². The van der Waals surface area contributed by atoms with E-state index < -0.39 is 51.8 Å². The number of carbonyl (C=O) groups is 2. The van der Waals surface area contributed by atoms with Crippen LogP contribution < -0.4 is 0 Å². The summed E-state index contributed by atoms with van der Waals surface area (Å²) < 4.78 is 38.6. The molecule has 1 aliphatic rings. The maximum absolute atomic E-state index is 12.7. The summed E-state index contributed by atoms with van der Waals surface area (Å²) in [5.41, 5.74) is 0. The third kappa shape index (κ3) is 36.5. The molecule has 0 aliphatic carbocycles. The Kier molecular flexibility index (Phi) is 35.4. The maximum Gasteiger partial charge on any atom is 0.472 e. The van der Waals surface area contributed by atoms with Crippen LogP contribution in [0, 0.1) is 5.92 Å². The van der Waals surface area contributed by atoms with Crippen molar-refractivity contribution < 1.29 is 52.5 Å². The van der Waals surface area contributed by atoms with Gasteiger partial charge in [-0.25, -0.2) is 4.57 Å². The van der Waals surface area contributed by atoms with Crippen molar-refractivity contribution in [2.24, 2.45) is 5.92 Å². The molecule has 1 saturated heterocycles. The fraction of sp³-hybridized carbons (Fsp3) is 0.830. The monoisotopic (exact) mass is 857 g/mol. The fourth-order valence-corrected chi connectivity index (χ4v) is 7.47. The maximum atomic E-state index is 12.7. The Hall–Kier alpha value is -1.85. The zero-order chi connectivity index (χ0) is 43.2. The van der Waals surface area contributed by atoms with Crippen LogP contribution in [0.5, 0.6) is 0 Å². The molecule has 3 unspecified atom stereocenters. The molecule has 0 aromatic carbocycles. The van der Waals surface area contributed by atoms with Crippen molar-refractivity contribution in [1.29, 1.82) is 0 Å². The minimum atomic E-state index is -4.64. The van der Waals surface area contributed by atoms with Gasteiger partial charge in [0.25, 0.3) is 0 Å². The number of phosphoric acid groups is 1. The van der Waals surface area contributed by atoms with Crippen LogP contribution in [0.15, 0.2) is 36.5 Å². The van der Waals surface area contributed by atoms with E-state index in [1.54, 1.807) is 0 Å². The molecule has 1 rings (SSSR count). The van der Waals surface area contributed by atoms with Gasteiger partial charge in [-0.3, -0.25) is 18.6 Å². The number of phosphoric ester groups is 1. The highest BCUT2D eigenvalue weighted by Gasteiger charge is 2.37. The van der Waals surface area contributed by atoms with Gasteiger partial charge in [0.15, 0.2) is 6.10 Å². The first kappa shape index (κ1) is 55.2. The number of unbranched alkanes of at least 4 members (excludes halogenated alkanes) is 17. The number of aliphatic hydroxyl groups is 2. The van der Waals surface area contributed by atoms with Gasteiger partial charge in [-0.15, -0.1) is 0 Å². The molecule has 1 aliphatic heterocycles. The Bertz CT molecular complexity index is 1160. The molecule has 1 fully saturated rings. The summed E-state index contributed by atoms with van der Waals surface area (Å²) in [6.07, 6.45) is 39.9. The van der Waals surface area contributed by atoms with E-state index in [2.05, 4.69) is 57.2 Å². The number of carbonyl (C=O) groups excluding carboxylic acids is 2. The Balaban J connectivity index is 2.26. The average Bonchev–Trinajstić information content (AvgIpc) is 3.96. The Morgan fingerprint density at radius 1 is 0.661 bits per heavy atom. The molecule has 5 atom stereocenters. The molecule has 0 aromatic rings. The first-order valence-electron chi connectivity index (χ1n) is 23.4. The lowest BCUT2D eigenvalue weighted by Crippen LogP contribution is -2.30. The lowest BCUT2D eigenvalue weighted by atomic mass is 10.0. The van der Waals surface area contributed by atoms with Gasteiger partial charge in [0.1, 0.15) is 12.7 Å². The minimum absolute atomic E-state index is 0.0892. The van der Waals surface area contributed by atoms with Gasteiger partial charge >= 0.3 is 19.8 Å². The molecule has 59 heavy (non-hydrogen) atoms. The molecule has 11 nitrogen and oxygen atoms in total.